The minimum Gasteiger partial charge on any atom is -0.339 e. The summed E-state index contributed by atoms with van der Waals surface area (Å²) in [7, 11) is 0. The summed E-state index contributed by atoms with van der Waals surface area (Å²) in [4.78, 5) is 34.5. The zero-order valence-electron chi connectivity index (χ0n) is 13.3. The number of carbonyl (C=O) groups is 1. The number of nitrogens with zero attached hydrogens (tertiary/aromatic N) is 2. The molecular formula is C17H23N3O2. The molecule has 1 amide bonds. The van der Waals surface area contributed by atoms with E-state index in [1.165, 1.54) is 0 Å². The third-order valence-corrected chi connectivity index (χ3v) is 5.76. The molecule has 1 aromatic heterocycles. The maximum atomic E-state index is 12.6. The summed E-state index contributed by atoms with van der Waals surface area (Å²) >= 11 is 0. The minimum absolute atomic E-state index is 0.00724. The van der Waals surface area contributed by atoms with E-state index in [2.05, 4.69) is 16.8 Å². The van der Waals surface area contributed by atoms with Crippen molar-refractivity contribution in [3.63, 3.8) is 0 Å². The lowest BCUT2D eigenvalue weighted by Crippen LogP contribution is -2.58. The van der Waals surface area contributed by atoms with Gasteiger partial charge in [-0.15, -0.1) is 0 Å². The molecule has 1 saturated heterocycles. The fraction of sp³-hybridized carbons (Fsp3) is 0.706. The number of carbonyl (C=O) groups excluding carboxylic acids is 1. The van der Waals surface area contributed by atoms with Crippen molar-refractivity contribution in [1.29, 1.82) is 0 Å². The van der Waals surface area contributed by atoms with Crippen LogP contribution < -0.4 is 5.56 Å². The summed E-state index contributed by atoms with van der Waals surface area (Å²) in [5, 5.41) is 0. The molecule has 4 rings (SSSR count). The Bertz CT molecular complexity index is 692. The van der Waals surface area contributed by atoms with Gasteiger partial charge in [0.15, 0.2) is 0 Å². The molecule has 0 aromatic carbocycles. The zero-order chi connectivity index (χ0) is 15.5. The third kappa shape index (κ3) is 1.94. The number of H-pyrrole nitrogens is 1. The van der Waals surface area contributed by atoms with E-state index in [1.807, 2.05) is 6.92 Å². The van der Waals surface area contributed by atoms with E-state index in [4.69, 9.17) is 4.98 Å². The Labute approximate surface area is 130 Å². The molecule has 0 spiro atoms. The number of piperidine rings is 1. The molecule has 2 heterocycles. The van der Waals surface area contributed by atoms with Gasteiger partial charge in [-0.3, -0.25) is 9.59 Å². The summed E-state index contributed by atoms with van der Waals surface area (Å²) in [6.45, 7) is 4.91. The molecule has 2 atom stereocenters. The Kier molecular flexibility index (Phi) is 2.97. The second-order valence-electron chi connectivity index (χ2n) is 7.36. The van der Waals surface area contributed by atoms with Gasteiger partial charge in [-0.25, -0.2) is 4.98 Å². The highest BCUT2D eigenvalue weighted by molar-refractivity contribution is 5.81. The van der Waals surface area contributed by atoms with E-state index in [0.29, 0.717) is 11.7 Å². The van der Waals surface area contributed by atoms with Gasteiger partial charge in [0, 0.05) is 29.5 Å². The molecule has 5 nitrogen and oxygen atoms in total. The van der Waals surface area contributed by atoms with Crippen LogP contribution >= 0.6 is 0 Å². The van der Waals surface area contributed by atoms with E-state index in [-0.39, 0.29) is 22.9 Å². The Morgan fingerprint density at radius 1 is 1.36 bits per heavy atom. The number of nitrogens with one attached hydrogen (secondary N) is 1. The first-order chi connectivity index (χ1) is 10.5. The van der Waals surface area contributed by atoms with Crippen LogP contribution in [0.15, 0.2) is 4.79 Å². The summed E-state index contributed by atoms with van der Waals surface area (Å²) < 4.78 is 0. The smallest absolute Gasteiger partial charge is 0.254 e. The average Bonchev–Trinajstić information content (AvgIpc) is 3.30. The molecule has 3 aliphatic rings. The molecule has 118 valence electrons. The van der Waals surface area contributed by atoms with Gasteiger partial charge in [-0.05, 0) is 45.4 Å². The molecule has 1 unspecified atom stereocenters. The van der Waals surface area contributed by atoms with Crippen molar-refractivity contribution >= 4 is 5.91 Å². The van der Waals surface area contributed by atoms with Crippen LogP contribution in [0.1, 0.15) is 56.1 Å². The van der Waals surface area contributed by atoms with Crippen LogP contribution in [-0.4, -0.2) is 33.4 Å². The normalized spacial score (nSPS) is 30.6. The first-order valence-electron chi connectivity index (χ1n) is 8.41. The largest absolute Gasteiger partial charge is 0.339 e. The average molecular weight is 301 g/mol. The van der Waals surface area contributed by atoms with E-state index >= 15 is 0 Å². The maximum Gasteiger partial charge on any atom is 0.254 e. The topological polar surface area (TPSA) is 66.1 Å². The standard InChI is InChI=1S/C17H23N3O2/c1-10-18-14-12(15(21)19-10)6-7-13-17(14,2)8-3-9-20(13)16(22)11-4-5-11/h11,13H,3-9H2,1-2H3,(H,18,19,21)/t13?,17-/m1/s1. The zero-order valence-corrected chi connectivity index (χ0v) is 13.3. The highest BCUT2D eigenvalue weighted by Crippen LogP contribution is 2.45. The Hall–Kier alpha value is -1.65. The number of likely N-dealkylation sites (tertiary alicyclic amines) is 1. The van der Waals surface area contributed by atoms with Crippen molar-refractivity contribution < 1.29 is 4.79 Å². The quantitative estimate of drug-likeness (QED) is 0.858. The van der Waals surface area contributed by atoms with Crippen molar-refractivity contribution in [3.05, 3.63) is 27.4 Å². The fourth-order valence-corrected chi connectivity index (χ4v) is 4.46. The van der Waals surface area contributed by atoms with Gasteiger partial charge in [0.25, 0.3) is 5.56 Å². The van der Waals surface area contributed by atoms with Crippen LogP contribution in [0.4, 0.5) is 0 Å². The monoisotopic (exact) mass is 301 g/mol. The fourth-order valence-electron chi connectivity index (χ4n) is 4.46. The lowest BCUT2D eigenvalue weighted by atomic mass is 9.65. The number of hydrogen-bond donors (Lipinski definition) is 1. The number of aromatic amines is 1. The number of amides is 1. The molecule has 22 heavy (non-hydrogen) atoms. The van der Waals surface area contributed by atoms with Gasteiger partial charge in [0.05, 0.1) is 5.69 Å². The van der Waals surface area contributed by atoms with E-state index in [1.54, 1.807) is 0 Å². The first kappa shape index (κ1) is 14.0. The van der Waals surface area contributed by atoms with E-state index in [0.717, 1.165) is 56.3 Å². The van der Waals surface area contributed by atoms with Crippen LogP contribution in [0.5, 0.6) is 0 Å². The predicted molar refractivity (Wildman–Crippen MR) is 82.7 cm³/mol. The van der Waals surface area contributed by atoms with E-state index < -0.39 is 0 Å². The van der Waals surface area contributed by atoms with Crippen molar-refractivity contribution in [2.75, 3.05) is 6.54 Å². The molecule has 2 fully saturated rings. The van der Waals surface area contributed by atoms with Crippen LogP contribution in [0.25, 0.3) is 0 Å². The number of aromatic nitrogens is 2. The highest BCUT2D eigenvalue weighted by atomic mass is 16.2. The summed E-state index contributed by atoms with van der Waals surface area (Å²) in [5.74, 6) is 1.27. The third-order valence-electron chi connectivity index (χ3n) is 5.76. The van der Waals surface area contributed by atoms with E-state index in [9.17, 15) is 9.59 Å². The second-order valence-corrected chi connectivity index (χ2v) is 7.36. The second kappa shape index (κ2) is 4.67. The van der Waals surface area contributed by atoms with Gasteiger partial charge in [-0.2, -0.15) is 0 Å². The number of aryl methyl sites for hydroxylation is 1. The van der Waals surface area contributed by atoms with Crippen LogP contribution in [0.2, 0.25) is 0 Å². The molecule has 1 N–H and O–H groups in total. The van der Waals surface area contributed by atoms with Crippen molar-refractivity contribution in [3.8, 4) is 0 Å². The lowest BCUT2D eigenvalue weighted by Gasteiger charge is -2.51. The minimum atomic E-state index is -0.171. The van der Waals surface area contributed by atoms with Gasteiger partial charge in [0.1, 0.15) is 5.82 Å². The molecule has 0 bridgehead atoms. The van der Waals surface area contributed by atoms with Crippen molar-refractivity contribution in [2.24, 2.45) is 5.92 Å². The summed E-state index contributed by atoms with van der Waals surface area (Å²) in [5.41, 5.74) is 1.62. The molecule has 5 heteroatoms. The van der Waals surface area contributed by atoms with Crippen molar-refractivity contribution in [2.45, 2.75) is 63.8 Å². The van der Waals surface area contributed by atoms with Gasteiger partial charge in [-0.1, -0.05) is 6.92 Å². The predicted octanol–water partition coefficient (Wildman–Crippen LogP) is 1.68. The SMILES string of the molecule is Cc1nc2c(c(=O)[nH]1)CCC1N(C(=O)C3CC3)CCC[C@@]21C. The van der Waals surface area contributed by atoms with Gasteiger partial charge >= 0.3 is 0 Å². The van der Waals surface area contributed by atoms with Gasteiger partial charge < -0.3 is 9.88 Å². The lowest BCUT2D eigenvalue weighted by molar-refractivity contribution is -0.139. The highest BCUT2D eigenvalue weighted by Gasteiger charge is 2.50. The van der Waals surface area contributed by atoms with Crippen molar-refractivity contribution in [1.82, 2.24) is 14.9 Å². The Morgan fingerprint density at radius 2 is 2.14 bits per heavy atom. The number of hydrogen-bond acceptors (Lipinski definition) is 3. The molecule has 2 aliphatic carbocycles. The van der Waals surface area contributed by atoms with Crippen LogP contribution in [0, 0.1) is 12.8 Å². The first-order valence-corrected chi connectivity index (χ1v) is 8.41. The molecule has 1 saturated carbocycles. The maximum absolute atomic E-state index is 12.6. The van der Waals surface area contributed by atoms with Crippen LogP contribution in [0.3, 0.4) is 0 Å². The summed E-state index contributed by atoms with van der Waals surface area (Å²) in [6.07, 6.45) is 5.72. The molecule has 1 aliphatic heterocycles. The van der Waals surface area contributed by atoms with Gasteiger partial charge in [0.2, 0.25) is 5.91 Å². The molecule has 0 radical (unpaired) electrons. The van der Waals surface area contributed by atoms with Crippen LogP contribution in [-0.2, 0) is 16.6 Å². The molecule has 1 aromatic rings. The summed E-state index contributed by atoms with van der Waals surface area (Å²) in [6, 6.07) is 0.204. The molecular weight excluding hydrogens is 278 g/mol. The Morgan fingerprint density at radius 3 is 2.86 bits per heavy atom. The number of fused-ring (bicyclic) bond motifs is 3. The number of rotatable bonds is 1. The Balaban J connectivity index is 1.78.